The molecular weight excluding hydrogens is 424 g/mol. The highest BCUT2D eigenvalue weighted by atomic mass is 79.9. The number of halogens is 1. The summed E-state index contributed by atoms with van der Waals surface area (Å²) in [4.78, 5) is 27.3. The van der Waals surface area contributed by atoms with Crippen molar-refractivity contribution in [2.75, 3.05) is 31.6 Å². The predicted octanol–water partition coefficient (Wildman–Crippen LogP) is 4.23. The topological polar surface area (TPSA) is 71.8 Å². The average Bonchev–Trinajstić information content (AvgIpc) is 3.16. The summed E-state index contributed by atoms with van der Waals surface area (Å²) < 4.78 is 11.8. The highest BCUT2D eigenvalue weighted by Gasteiger charge is 2.22. The number of nitrogens with zero attached hydrogens (tertiary/aromatic N) is 1. The summed E-state index contributed by atoms with van der Waals surface area (Å²) in [6.45, 7) is 4.07. The summed E-state index contributed by atoms with van der Waals surface area (Å²) in [7, 11) is 0. The Kier molecular flexibility index (Phi) is 5.19. The SMILES string of the molecule is Cc1c(NC(=O)c2cc3cccc(Br)c3o2)cccc1C(=O)N1CCOCC1. The summed E-state index contributed by atoms with van der Waals surface area (Å²) in [5.41, 5.74) is 2.51. The van der Waals surface area contributed by atoms with E-state index < -0.39 is 0 Å². The summed E-state index contributed by atoms with van der Waals surface area (Å²) in [5, 5.41) is 3.70. The van der Waals surface area contributed by atoms with E-state index in [2.05, 4.69) is 21.2 Å². The van der Waals surface area contributed by atoms with Gasteiger partial charge >= 0.3 is 0 Å². The number of para-hydroxylation sites is 1. The number of nitrogens with one attached hydrogen (secondary N) is 1. The number of morpholine rings is 1. The first-order valence-corrected chi connectivity index (χ1v) is 9.80. The minimum atomic E-state index is -0.359. The average molecular weight is 443 g/mol. The van der Waals surface area contributed by atoms with Crippen LogP contribution in [-0.4, -0.2) is 43.0 Å². The Morgan fingerprint density at radius 2 is 1.86 bits per heavy atom. The number of hydrogen-bond acceptors (Lipinski definition) is 4. The smallest absolute Gasteiger partial charge is 0.291 e. The van der Waals surface area contributed by atoms with E-state index in [0.717, 1.165) is 15.4 Å². The van der Waals surface area contributed by atoms with Gasteiger partial charge in [-0.05, 0) is 52.7 Å². The fourth-order valence-electron chi connectivity index (χ4n) is 3.26. The third-order valence-corrected chi connectivity index (χ3v) is 5.46. The molecule has 2 aromatic carbocycles. The molecule has 2 heterocycles. The molecule has 3 aromatic rings. The predicted molar refractivity (Wildman–Crippen MR) is 110 cm³/mol. The number of benzene rings is 2. The zero-order chi connectivity index (χ0) is 19.7. The number of carbonyl (C=O) groups is 2. The second-order valence-electron chi connectivity index (χ2n) is 6.61. The van der Waals surface area contributed by atoms with Crippen LogP contribution in [0.3, 0.4) is 0 Å². The van der Waals surface area contributed by atoms with Crippen LogP contribution in [0.1, 0.15) is 26.5 Å². The second kappa shape index (κ2) is 7.77. The molecule has 1 fully saturated rings. The maximum absolute atomic E-state index is 12.8. The Hall–Kier alpha value is -2.64. The Morgan fingerprint density at radius 1 is 1.11 bits per heavy atom. The van der Waals surface area contributed by atoms with Crippen molar-refractivity contribution in [2.24, 2.45) is 0 Å². The number of amides is 2. The largest absolute Gasteiger partial charge is 0.450 e. The molecule has 1 aromatic heterocycles. The third-order valence-electron chi connectivity index (χ3n) is 4.83. The van der Waals surface area contributed by atoms with Gasteiger partial charge in [0.25, 0.3) is 11.8 Å². The molecule has 1 aliphatic heterocycles. The lowest BCUT2D eigenvalue weighted by molar-refractivity contribution is 0.0302. The number of ether oxygens (including phenoxy) is 1. The molecule has 28 heavy (non-hydrogen) atoms. The standard InChI is InChI=1S/C21H19BrN2O4/c1-13-15(21(26)24-8-10-27-11-9-24)5-3-7-17(13)23-20(25)18-12-14-4-2-6-16(22)19(14)28-18/h2-7,12H,8-11H2,1H3,(H,23,25). The Balaban J connectivity index is 1.58. The lowest BCUT2D eigenvalue weighted by Crippen LogP contribution is -2.41. The van der Waals surface area contributed by atoms with E-state index in [9.17, 15) is 9.59 Å². The molecule has 144 valence electrons. The van der Waals surface area contributed by atoms with E-state index >= 15 is 0 Å². The molecular formula is C21H19BrN2O4. The summed E-state index contributed by atoms with van der Waals surface area (Å²) in [6.07, 6.45) is 0. The molecule has 2 amide bonds. The second-order valence-corrected chi connectivity index (χ2v) is 7.46. The molecule has 0 saturated carbocycles. The van der Waals surface area contributed by atoms with Gasteiger partial charge in [0.05, 0.1) is 17.7 Å². The molecule has 1 aliphatic rings. The zero-order valence-electron chi connectivity index (χ0n) is 15.3. The van der Waals surface area contributed by atoms with Gasteiger partial charge in [-0.25, -0.2) is 0 Å². The number of rotatable bonds is 3. The first kappa shape index (κ1) is 18.7. The van der Waals surface area contributed by atoms with Crippen LogP contribution in [0.5, 0.6) is 0 Å². The lowest BCUT2D eigenvalue weighted by atomic mass is 10.0. The molecule has 1 N–H and O–H groups in total. The highest BCUT2D eigenvalue weighted by molar-refractivity contribution is 9.10. The van der Waals surface area contributed by atoms with Crippen LogP contribution >= 0.6 is 15.9 Å². The van der Waals surface area contributed by atoms with E-state index in [1.807, 2.05) is 25.1 Å². The first-order chi connectivity index (χ1) is 13.5. The van der Waals surface area contributed by atoms with Gasteiger partial charge in [0.1, 0.15) is 5.58 Å². The van der Waals surface area contributed by atoms with Crippen LogP contribution in [0, 0.1) is 6.92 Å². The monoisotopic (exact) mass is 442 g/mol. The van der Waals surface area contributed by atoms with Gasteiger partial charge in [-0.1, -0.05) is 18.2 Å². The molecule has 0 unspecified atom stereocenters. The Labute approximate surface area is 170 Å². The summed E-state index contributed by atoms with van der Waals surface area (Å²) in [6, 6.07) is 12.7. The first-order valence-electron chi connectivity index (χ1n) is 9.00. The van der Waals surface area contributed by atoms with E-state index in [0.29, 0.717) is 43.1 Å². The normalized spacial score (nSPS) is 14.3. The third kappa shape index (κ3) is 3.55. The van der Waals surface area contributed by atoms with Crippen LogP contribution in [-0.2, 0) is 4.74 Å². The zero-order valence-corrected chi connectivity index (χ0v) is 16.9. The number of carbonyl (C=O) groups excluding carboxylic acids is 2. The molecule has 0 aliphatic carbocycles. The van der Waals surface area contributed by atoms with Gasteiger partial charge in [-0.3, -0.25) is 9.59 Å². The molecule has 0 atom stereocenters. The molecule has 0 bridgehead atoms. The summed E-state index contributed by atoms with van der Waals surface area (Å²) in [5.74, 6) is -0.196. The van der Waals surface area contributed by atoms with E-state index in [1.165, 1.54) is 0 Å². The molecule has 1 saturated heterocycles. The maximum Gasteiger partial charge on any atom is 0.291 e. The van der Waals surface area contributed by atoms with Gasteiger partial charge < -0.3 is 19.4 Å². The van der Waals surface area contributed by atoms with Crippen molar-refractivity contribution in [3.8, 4) is 0 Å². The fraction of sp³-hybridized carbons (Fsp3) is 0.238. The highest BCUT2D eigenvalue weighted by Crippen LogP contribution is 2.28. The van der Waals surface area contributed by atoms with Gasteiger partial charge in [-0.2, -0.15) is 0 Å². The Bertz CT molecular complexity index is 1050. The molecule has 4 rings (SSSR count). The molecule has 6 nitrogen and oxygen atoms in total. The number of hydrogen-bond donors (Lipinski definition) is 1. The number of furan rings is 1. The Morgan fingerprint density at radius 3 is 2.61 bits per heavy atom. The summed E-state index contributed by atoms with van der Waals surface area (Å²) >= 11 is 3.42. The van der Waals surface area contributed by atoms with Crippen LogP contribution in [0.2, 0.25) is 0 Å². The number of fused-ring (bicyclic) bond motifs is 1. The van der Waals surface area contributed by atoms with E-state index in [-0.39, 0.29) is 17.6 Å². The van der Waals surface area contributed by atoms with Crippen molar-refractivity contribution >= 4 is 44.4 Å². The van der Waals surface area contributed by atoms with Crippen molar-refractivity contribution in [3.05, 3.63) is 63.8 Å². The van der Waals surface area contributed by atoms with Crippen LogP contribution in [0.25, 0.3) is 11.0 Å². The van der Waals surface area contributed by atoms with Crippen molar-refractivity contribution in [1.82, 2.24) is 4.90 Å². The quantitative estimate of drug-likeness (QED) is 0.658. The molecule has 0 radical (unpaired) electrons. The van der Waals surface area contributed by atoms with Gasteiger partial charge in [0.15, 0.2) is 5.76 Å². The fourth-order valence-corrected chi connectivity index (χ4v) is 3.73. The van der Waals surface area contributed by atoms with Gasteiger partial charge in [-0.15, -0.1) is 0 Å². The minimum Gasteiger partial charge on any atom is -0.450 e. The van der Waals surface area contributed by atoms with Gasteiger partial charge in [0, 0.05) is 29.7 Å². The van der Waals surface area contributed by atoms with Crippen LogP contribution in [0.15, 0.2) is 51.4 Å². The van der Waals surface area contributed by atoms with Crippen molar-refractivity contribution in [3.63, 3.8) is 0 Å². The van der Waals surface area contributed by atoms with Crippen molar-refractivity contribution in [1.29, 1.82) is 0 Å². The molecule has 0 spiro atoms. The van der Waals surface area contributed by atoms with Crippen molar-refractivity contribution in [2.45, 2.75) is 6.92 Å². The number of anilines is 1. The van der Waals surface area contributed by atoms with Crippen LogP contribution in [0.4, 0.5) is 5.69 Å². The van der Waals surface area contributed by atoms with E-state index in [1.54, 1.807) is 29.2 Å². The maximum atomic E-state index is 12.8. The van der Waals surface area contributed by atoms with Gasteiger partial charge in [0.2, 0.25) is 0 Å². The lowest BCUT2D eigenvalue weighted by Gasteiger charge is -2.27. The molecule has 7 heteroatoms. The van der Waals surface area contributed by atoms with Crippen molar-refractivity contribution < 1.29 is 18.7 Å². The van der Waals surface area contributed by atoms with Crippen LogP contribution < -0.4 is 5.32 Å². The van der Waals surface area contributed by atoms with E-state index in [4.69, 9.17) is 9.15 Å². The minimum absolute atomic E-state index is 0.0513.